The molecule has 0 saturated carbocycles. The van der Waals surface area contributed by atoms with Gasteiger partial charge in [-0.15, -0.1) is 5.10 Å². The summed E-state index contributed by atoms with van der Waals surface area (Å²) in [6.07, 6.45) is 3.60. The van der Waals surface area contributed by atoms with Crippen LogP contribution in [0.4, 0.5) is 0 Å². The summed E-state index contributed by atoms with van der Waals surface area (Å²) in [5.74, 6) is 0.581. The van der Waals surface area contributed by atoms with Crippen LogP contribution in [-0.2, 0) is 0 Å². The van der Waals surface area contributed by atoms with Crippen LogP contribution in [0.1, 0.15) is 6.92 Å². The van der Waals surface area contributed by atoms with E-state index in [-0.39, 0.29) is 0 Å². The van der Waals surface area contributed by atoms with E-state index in [1.54, 1.807) is 20.2 Å². The van der Waals surface area contributed by atoms with Crippen LogP contribution in [0.3, 0.4) is 0 Å². The maximum absolute atomic E-state index is 3.87. The van der Waals surface area contributed by atoms with E-state index in [2.05, 4.69) is 31.8 Å². The molecule has 0 bridgehead atoms. The highest BCUT2D eigenvalue weighted by molar-refractivity contribution is 5.92. The predicted molar refractivity (Wildman–Crippen MR) is 48.4 cm³/mol. The molecule has 0 aliphatic heterocycles. The molecule has 6 nitrogen and oxygen atoms in total. The van der Waals surface area contributed by atoms with Crippen molar-refractivity contribution in [3.63, 3.8) is 0 Å². The smallest absolute Gasteiger partial charge is 0.168 e. The van der Waals surface area contributed by atoms with Crippen molar-refractivity contribution in [1.82, 2.24) is 16.4 Å². The van der Waals surface area contributed by atoms with Crippen molar-refractivity contribution >= 4 is 5.84 Å². The van der Waals surface area contributed by atoms with Crippen molar-refractivity contribution < 1.29 is 0 Å². The summed E-state index contributed by atoms with van der Waals surface area (Å²) in [7, 11) is 3.30. The van der Waals surface area contributed by atoms with E-state index < -0.39 is 0 Å². The predicted octanol–water partition coefficient (Wildman–Crippen LogP) is 0.187. The van der Waals surface area contributed by atoms with E-state index in [0.717, 1.165) is 0 Å². The van der Waals surface area contributed by atoms with Gasteiger partial charge in [-0.1, -0.05) is 11.3 Å². The van der Waals surface area contributed by atoms with Crippen molar-refractivity contribution in [2.75, 3.05) is 14.1 Å². The Morgan fingerprint density at radius 2 is 2.17 bits per heavy atom. The lowest BCUT2D eigenvalue weighted by molar-refractivity contribution is 0.628. The number of hydrogen-bond donors (Lipinski definition) is 3. The summed E-state index contributed by atoms with van der Waals surface area (Å²) in [6.45, 7) is 1.89. The molecule has 0 atom stereocenters. The van der Waals surface area contributed by atoms with Crippen molar-refractivity contribution in [2.24, 2.45) is 15.4 Å². The molecule has 0 saturated heterocycles. The number of nitrogens with zero attached hydrogens (tertiary/aromatic N) is 3. The lowest BCUT2D eigenvalue weighted by atomic mass is 10.5. The Morgan fingerprint density at radius 1 is 1.42 bits per heavy atom. The second-order valence-electron chi connectivity index (χ2n) is 1.77. The van der Waals surface area contributed by atoms with E-state index in [4.69, 9.17) is 0 Å². The zero-order valence-electron chi connectivity index (χ0n) is 7.50. The molecule has 0 aliphatic carbocycles. The highest BCUT2D eigenvalue weighted by Crippen LogP contribution is 1.76. The van der Waals surface area contributed by atoms with Gasteiger partial charge in [0.25, 0.3) is 0 Å². The maximum Gasteiger partial charge on any atom is 0.168 e. The second kappa shape index (κ2) is 7.67. The van der Waals surface area contributed by atoms with Crippen molar-refractivity contribution in [2.45, 2.75) is 6.92 Å². The minimum atomic E-state index is 0.581. The molecule has 0 radical (unpaired) electrons. The van der Waals surface area contributed by atoms with Gasteiger partial charge in [0, 0.05) is 7.05 Å². The van der Waals surface area contributed by atoms with Crippen molar-refractivity contribution in [3.05, 3.63) is 12.2 Å². The molecular formula is C6H14N6. The number of rotatable bonds is 4. The fourth-order valence-corrected chi connectivity index (χ4v) is 0.475. The summed E-state index contributed by atoms with van der Waals surface area (Å²) in [5.41, 5.74) is 7.84. The van der Waals surface area contributed by atoms with Crippen LogP contribution in [0.5, 0.6) is 0 Å². The monoisotopic (exact) mass is 170 g/mol. The van der Waals surface area contributed by atoms with Gasteiger partial charge in [0.2, 0.25) is 0 Å². The molecule has 0 unspecified atom stereocenters. The molecule has 6 heteroatoms. The van der Waals surface area contributed by atoms with Gasteiger partial charge >= 0.3 is 0 Å². The Morgan fingerprint density at radius 3 is 2.67 bits per heavy atom. The van der Waals surface area contributed by atoms with Crippen LogP contribution in [0, 0.1) is 0 Å². The molecule has 0 aromatic carbocycles. The average Bonchev–Trinajstić information content (AvgIpc) is 2.10. The summed E-state index contributed by atoms with van der Waals surface area (Å²) < 4.78 is 0. The zero-order chi connectivity index (χ0) is 9.23. The number of hydrazone groups is 1. The van der Waals surface area contributed by atoms with Gasteiger partial charge in [0.05, 0.1) is 7.05 Å². The normalized spacial score (nSPS) is 12.8. The minimum Gasteiger partial charge on any atom is -0.241 e. The summed E-state index contributed by atoms with van der Waals surface area (Å²) in [5, 5.41) is 11.0. The standard InChI is InChI=1S/C6H14N6/c1-4-5-6(9-11-7-2)10-12-8-3/h4-5,7,11H,1-3H3,(H,8,9,10). The summed E-state index contributed by atoms with van der Waals surface area (Å²) in [6, 6.07) is 0. The highest BCUT2D eigenvalue weighted by Gasteiger charge is 1.87. The lowest BCUT2D eigenvalue weighted by Gasteiger charge is -1.99. The Hall–Kier alpha value is -1.43. The van der Waals surface area contributed by atoms with Crippen LogP contribution < -0.4 is 16.4 Å². The first-order chi connectivity index (χ1) is 5.85. The van der Waals surface area contributed by atoms with E-state index in [9.17, 15) is 0 Å². The Kier molecular flexibility index (Phi) is 6.76. The Bertz CT molecular complexity index is 182. The molecule has 12 heavy (non-hydrogen) atoms. The molecule has 3 N–H and O–H groups in total. The first-order valence-electron chi connectivity index (χ1n) is 3.52. The number of hydrazine groups is 1. The number of nitrogens with one attached hydrogen (secondary N) is 3. The molecular weight excluding hydrogens is 156 g/mol. The van der Waals surface area contributed by atoms with E-state index in [1.807, 2.05) is 13.0 Å². The topological polar surface area (TPSA) is 73.2 Å². The zero-order valence-corrected chi connectivity index (χ0v) is 7.50. The van der Waals surface area contributed by atoms with Crippen LogP contribution >= 0.6 is 0 Å². The van der Waals surface area contributed by atoms with Crippen LogP contribution in [0.25, 0.3) is 0 Å². The van der Waals surface area contributed by atoms with Crippen LogP contribution in [-0.4, -0.2) is 19.9 Å². The average molecular weight is 170 g/mol. The fraction of sp³-hybridized carbons (Fsp3) is 0.500. The molecule has 0 heterocycles. The van der Waals surface area contributed by atoms with Gasteiger partial charge in [-0.3, -0.25) is 0 Å². The molecule has 0 amide bonds. The van der Waals surface area contributed by atoms with Gasteiger partial charge in [-0.25, -0.2) is 16.4 Å². The highest BCUT2D eigenvalue weighted by atomic mass is 15.6. The minimum absolute atomic E-state index is 0.581. The van der Waals surface area contributed by atoms with Gasteiger partial charge in [0.1, 0.15) is 0 Å². The molecule has 68 valence electrons. The third kappa shape index (κ3) is 5.36. The van der Waals surface area contributed by atoms with E-state index in [0.29, 0.717) is 5.84 Å². The van der Waals surface area contributed by atoms with Gasteiger partial charge in [0.15, 0.2) is 5.84 Å². The first-order valence-corrected chi connectivity index (χ1v) is 3.52. The van der Waals surface area contributed by atoms with Gasteiger partial charge in [-0.2, -0.15) is 5.11 Å². The molecule has 0 spiro atoms. The van der Waals surface area contributed by atoms with Crippen LogP contribution in [0.15, 0.2) is 27.6 Å². The fourth-order valence-electron chi connectivity index (χ4n) is 0.475. The molecule has 0 aromatic heterocycles. The summed E-state index contributed by atoms with van der Waals surface area (Å²) in [4.78, 5) is 0. The molecule has 0 aromatic rings. The number of hydrogen-bond acceptors (Lipinski definition) is 5. The third-order valence-electron chi connectivity index (χ3n) is 0.877. The second-order valence-corrected chi connectivity index (χ2v) is 1.77. The lowest BCUT2D eigenvalue weighted by Crippen LogP contribution is -2.26. The molecule has 0 fully saturated rings. The first kappa shape index (κ1) is 10.6. The summed E-state index contributed by atoms with van der Waals surface area (Å²) >= 11 is 0. The quantitative estimate of drug-likeness (QED) is 0.244. The van der Waals surface area contributed by atoms with E-state index in [1.165, 1.54) is 0 Å². The third-order valence-corrected chi connectivity index (χ3v) is 0.877. The largest absolute Gasteiger partial charge is 0.241 e. The van der Waals surface area contributed by atoms with Gasteiger partial charge in [-0.05, 0) is 13.0 Å². The van der Waals surface area contributed by atoms with Crippen molar-refractivity contribution in [1.29, 1.82) is 0 Å². The van der Waals surface area contributed by atoms with Gasteiger partial charge < -0.3 is 0 Å². The molecule has 0 aliphatic rings. The van der Waals surface area contributed by atoms with E-state index >= 15 is 0 Å². The Labute approximate surface area is 71.8 Å². The van der Waals surface area contributed by atoms with Crippen molar-refractivity contribution in [3.8, 4) is 0 Å². The number of amidine groups is 1. The molecule has 0 rings (SSSR count). The number of allylic oxidation sites excluding steroid dienone is 1. The van der Waals surface area contributed by atoms with Crippen LogP contribution in [0.2, 0.25) is 0 Å². The Balaban J connectivity index is 4.02. The SMILES string of the molecule is CC=CC(=NNNC)NN=NC. The maximum atomic E-state index is 3.87.